The highest BCUT2D eigenvalue weighted by atomic mass is 16.5. The lowest BCUT2D eigenvalue weighted by Crippen LogP contribution is -2.51. The van der Waals surface area contributed by atoms with Crippen LogP contribution in [0.25, 0.3) is 0 Å². The van der Waals surface area contributed by atoms with Gasteiger partial charge in [0, 0.05) is 46.1 Å². The second kappa shape index (κ2) is 8.59. The zero-order valence-electron chi connectivity index (χ0n) is 12.6. The molecule has 116 valence electrons. The molecule has 1 amide bonds. The summed E-state index contributed by atoms with van der Waals surface area (Å²) in [5.41, 5.74) is 0. The summed E-state index contributed by atoms with van der Waals surface area (Å²) in [6.07, 6.45) is 2.73. The fourth-order valence-electron chi connectivity index (χ4n) is 2.37. The molecule has 0 spiro atoms. The van der Waals surface area contributed by atoms with Crippen LogP contribution in [0.2, 0.25) is 0 Å². The lowest BCUT2D eigenvalue weighted by Gasteiger charge is -2.35. The van der Waals surface area contributed by atoms with E-state index in [-0.39, 0.29) is 5.91 Å². The number of nitrogens with one attached hydrogen (secondary N) is 1. The van der Waals surface area contributed by atoms with E-state index >= 15 is 0 Å². The lowest BCUT2D eigenvalue weighted by atomic mass is 10.3. The van der Waals surface area contributed by atoms with E-state index in [1.165, 1.54) is 0 Å². The van der Waals surface area contributed by atoms with Gasteiger partial charge in [0.2, 0.25) is 5.91 Å². The number of methoxy groups -OCH3 is 1. The molecule has 1 aliphatic rings. The summed E-state index contributed by atoms with van der Waals surface area (Å²) in [4.78, 5) is 20.6. The molecule has 1 fully saturated rings. The summed E-state index contributed by atoms with van der Waals surface area (Å²) in [5.74, 6) is 1.16. The second-order valence-electron chi connectivity index (χ2n) is 5.08. The summed E-state index contributed by atoms with van der Waals surface area (Å²) < 4.78 is 4.97. The number of anilines is 1. The summed E-state index contributed by atoms with van der Waals surface area (Å²) >= 11 is 0. The number of aromatic nitrogens is 1. The Morgan fingerprint density at radius 3 is 2.81 bits per heavy atom. The first-order chi connectivity index (χ1) is 10.3. The second-order valence-corrected chi connectivity index (χ2v) is 5.08. The van der Waals surface area contributed by atoms with Gasteiger partial charge in [0.1, 0.15) is 5.82 Å². The fraction of sp³-hybridized carbons (Fsp3) is 0.600. The molecule has 21 heavy (non-hydrogen) atoms. The van der Waals surface area contributed by atoms with Crippen LogP contribution in [0.15, 0.2) is 24.4 Å². The molecule has 1 aliphatic heterocycles. The predicted octanol–water partition coefficient (Wildman–Crippen LogP) is 0.356. The Hall–Kier alpha value is -1.66. The van der Waals surface area contributed by atoms with Crippen LogP contribution in [0.1, 0.15) is 6.42 Å². The maximum absolute atomic E-state index is 12.1. The maximum Gasteiger partial charge on any atom is 0.236 e. The third-order valence-corrected chi connectivity index (χ3v) is 3.58. The average Bonchev–Trinajstić information content (AvgIpc) is 2.55. The Kier molecular flexibility index (Phi) is 6.43. The zero-order chi connectivity index (χ0) is 14.9. The summed E-state index contributed by atoms with van der Waals surface area (Å²) in [6.45, 7) is 5.15. The highest BCUT2D eigenvalue weighted by molar-refractivity contribution is 5.78. The van der Waals surface area contributed by atoms with Crippen molar-refractivity contribution < 1.29 is 9.53 Å². The van der Waals surface area contributed by atoms with Gasteiger partial charge in [-0.1, -0.05) is 6.07 Å². The molecule has 6 heteroatoms. The van der Waals surface area contributed by atoms with Crippen LogP contribution < -0.4 is 10.2 Å². The van der Waals surface area contributed by atoms with Crippen molar-refractivity contribution in [1.29, 1.82) is 0 Å². The zero-order valence-corrected chi connectivity index (χ0v) is 12.6. The van der Waals surface area contributed by atoms with Crippen LogP contribution in [0, 0.1) is 0 Å². The molecule has 0 saturated carbocycles. The van der Waals surface area contributed by atoms with Crippen molar-refractivity contribution in [2.45, 2.75) is 6.42 Å². The Morgan fingerprint density at radius 1 is 1.33 bits per heavy atom. The monoisotopic (exact) mass is 292 g/mol. The van der Waals surface area contributed by atoms with E-state index in [0.29, 0.717) is 6.54 Å². The van der Waals surface area contributed by atoms with E-state index in [1.54, 1.807) is 13.3 Å². The van der Waals surface area contributed by atoms with E-state index in [9.17, 15) is 4.79 Å². The maximum atomic E-state index is 12.1. The number of carbonyl (C=O) groups is 1. The van der Waals surface area contributed by atoms with Crippen LogP contribution in [-0.2, 0) is 9.53 Å². The van der Waals surface area contributed by atoms with Gasteiger partial charge in [-0.05, 0) is 25.1 Å². The fourth-order valence-corrected chi connectivity index (χ4v) is 2.37. The first kappa shape index (κ1) is 15.7. The SMILES string of the molecule is COCCCNCC(=O)N1CCN(c2ccccn2)CC1. The van der Waals surface area contributed by atoms with E-state index < -0.39 is 0 Å². The van der Waals surface area contributed by atoms with Crippen molar-refractivity contribution in [1.82, 2.24) is 15.2 Å². The molecule has 2 rings (SSSR count). The minimum Gasteiger partial charge on any atom is -0.385 e. The van der Waals surface area contributed by atoms with E-state index in [4.69, 9.17) is 4.74 Å². The first-order valence-corrected chi connectivity index (χ1v) is 7.44. The molecule has 0 bridgehead atoms. The molecule has 0 radical (unpaired) electrons. The molecule has 2 heterocycles. The summed E-state index contributed by atoms with van der Waals surface area (Å²) in [7, 11) is 1.69. The average molecular weight is 292 g/mol. The minimum absolute atomic E-state index is 0.174. The highest BCUT2D eigenvalue weighted by Crippen LogP contribution is 2.12. The van der Waals surface area contributed by atoms with Gasteiger partial charge in [-0.2, -0.15) is 0 Å². The molecule has 1 aromatic rings. The van der Waals surface area contributed by atoms with Crippen LogP contribution in [0.4, 0.5) is 5.82 Å². The molecule has 1 N–H and O–H groups in total. The van der Waals surface area contributed by atoms with Crippen LogP contribution in [0.3, 0.4) is 0 Å². The van der Waals surface area contributed by atoms with Gasteiger partial charge in [-0.3, -0.25) is 4.79 Å². The standard InChI is InChI=1S/C15H24N4O2/c1-21-12-4-6-16-13-15(20)19-10-8-18(9-11-19)14-5-2-3-7-17-14/h2-3,5,7,16H,4,6,8-13H2,1H3. The highest BCUT2D eigenvalue weighted by Gasteiger charge is 2.21. The molecule has 0 aliphatic carbocycles. The van der Waals surface area contributed by atoms with Gasteiger partial charge in [0.25, 0.3) is 0 Å². The van der Waals surface area contributed by atoms with Gasteiger partial charge in [0.05, 0.1) is 6.54 Å². The van der Waals surface area contributed by atoms with Crippen molar-refractivity contribution >= 4 is 11.7 Å². The normalized spacial score (nSPS) is 15.3. The Bertz CT molecular complexity index is 419. The van der Waals surface area contributed by atoms with Crippen molar-refractivity contribution in [2.75, 3.05) is 57.9 Å². The van der Waals surface area contributed by atoms with Gasteiger partial charge in [-0.25, -0.2) is 4.98 Å². The van der Waals surface area contributed by atoms with Gasteiger partial charge < -0.3 is 19.9 Å². The van der Waals surface area contributed by atoms with Gasteiger partial charge in [0.15, 0.2) is 0 Å². The Morgan fingerprint density at radius 2 is 2.14 bits per heavy atom. The van der Waals surface area contributed by atoms with Crippen molar-refractivity contribution in [3.8, 4) is 0 Å². The Labute approximate surface area is 126 Å². The molecule has 0 aromatic carbocycles. The minimum atomic E-state index is 0.174. The number of nitrogens with zero attached hydrogens (tertiary/aromatic N) is 3. The van der Waals surface area contributed by atoms with Crippen LogP contribution in [0.5, 0.6) is 0 Å². The molecule has 1 aromatic heterocycles. The van der Waals surface area contributed by atoms with Crippen molar-refractivity contribution in [2.24, 2.45) is 0 Å². The summed E-state index contributed by atoms with van der Waals surface area (Å²) in [6, 6.07) is 5.91. The van der Waals surface area contributed by atoms with Crippen molar-refractivity contribution in [3.05, 3.63) is 24.4 Å². The number of pyridine rings is 1. The van der Waals surface area contributed by atoms with Gasteiger partial charge in [-0.15, -0.1) is 0 Å². The third-order valence-electron chi connectivity index (χ3n) is 3.58. The quantitative estimate of drug-likeness (QED) is 0.735. The molecule has 0 atom stereocenters. The number of piperazine rings is 1. The van der Waals surface area contributed by atoms with E-state index in [0.717, 1.165) is 51.6 Å². The molecular formula is C15H24N4O2. The molecule has 1 saturated heterocycles. The third kappa shape index (κ3) is 4.99. The lowest BCUT2D eigenvalue weighted by molar-refractivity contribution is -0.130. The van der Waals surface area contributed by atoms with Crippen molar-refractivity contribution in [3.63, 3.8) is 0 Å². The topological polar surface area (TPSA) is 57.7 Å². The number of amides is 1. The molecule has 0 unspecified atom stereocenters. The number of hydrogen-bond donors (Lipinski definition) is 1. The summed E-state index contributed by atoms with van der Waals surface area (Å²) in [5, 5.41) is 3.16. The number of ether oxygens (including phenoxy) is 1. The smallest absolute Gasteiger partial charge is 0.236 e. The van der Waals surface area contributed by atoms with E-state index in [1.807, 2.05) is 23.1 Å². The van der Waals surface area contributed by atoms with E-state index in [2.05, 4.69) is 15.2 Å². The number of carbonyl (C=O) groups excluding carboxylic acids is 1. The molecular weight excluding hydrogens is 268 g/mol. The Balaban J connectivity index is 1.67. The predicted molar refractivity (Wildman–Crippen MR) is 82.4 cm³/mol. The number of hydrogen-bond acceptors (Lipinski definition) is 5. The van der Waals surface area contributed by atoms with Crippen LogP contribution in [-0.4, -0.2) is 68.8 Å². The largest absolute Gasteiger partial charge is 0.385 e. The van der Waals surface area contributed by atoms with Gasteiger partial charge >= 0.3 is 0 Å². The first-order valence-electron chi connectivity index (χ1n) is 7.44. The van der Waals surface area contributed by atoms with Crippen LogP contribution >= 0.6 is 0 Å². The number of rotatable bonds is 7. The molecule has 6 nitrogen and oxygen atoms in total.